The van der Waals surface area contributed by atoms with Gasteiger partial charge in [0.2, 0.25) is 0 Å². The molecule has 2 aliphatic rings. The molecule has 0 bridgehead atoms. The molecule has 2 atom stereocenters. The van der Waals surface area contributed by atoms with Crippen molar-refractivity contribution in [1.29, 1.82) is 0 Å². The topological polar surface area (TPSA) is 32.3 Å². The molecular weight excluding hydrogens is 234 g/mol. The van der Waals surface area contributed by atoms with Gasteiger partial charge in [0.05, 0.1) is 0 Å². The summed E-state index contributed by atoms with van der Waals surface area (Å²) in [5.41, 5.74) is 1.80. The van der Waals surface area contributed by atoms with Gasteiger partial charge in [0, 0.05) is 12.6 Å². The molecule has 2 nitrogen and oxygen atoms in total. The predicted molar refractivity (Wildman–Crippen MR) is 78.0 cm³/mol. The molecule has 2 unspecified atom stereocenters. The molecule has 0 aliphatic heterocycles. The molecule has 2 aliphatic carbocycles. The van der Waals surface area contributed by atoms with Crippen LogP contribution in [-0.4, -0.2) is 17.7 Å². The van der Waals surface area contributed by atoms with Gasteiger partial charge in [-0.2, -0.15) is 0 Å². The minimum Gasteiger partial charge on any atom is -0.384 e. The molecule has 0 amide bonds. The van der Waals surface area contributed by atoms with Crippen LogP contribution in [0.5, 0.6) is 0 Å². The zero-order chi connectivity index (χ0) is 13.5. The minimum absolute atomic E-state index is 0.566. The molecule has 2 heteroatoms. The van der Waals surface area contributed by atoms with E-state index in [-0.39, 0.29) is 0 Å². The lowest BCUT2D eigenvalue weighted by molar-refractivity contribution is 0.0332. The van der Waals surface area contributed by atoms with E-state index in [9.17, 15) is 5.11 Å². The SMILES string of the molecule is CC(C)C(NCC1(O)CCc2ccccc21)C1CC1. The largest absolute Gasteiger partial charge is 0.384 e. The number of aryl methyl sites for hydroxylation is 1. The van der Waals surface area contributed by atoms with Gasteiger partial charge in [0.25, 0.3) is 0 Å². The highest BCUT2D eigenvalue weighted by molar-refractivity contribution is 5.37. The third-order valence-electron chi connectivity index (χ3n) is 4.80. The van der Waals surface area contributed by atoms with E-state index in [2.05, 4.69) is 37.4 Å². The number of fused-ring (bicyclic) bond motifs is 1. The summed E-state index contributed by atoms with van der Waals surface area (Å²) in [7, 11) is 0. The molecule has 1 fully saturated rings. The molecule has 19 heavy (non-hydrogen) atoms. The molecule has 0 radical (unpaired) electrons. The van der Waals surface area contributed by atoms with Gasteiger partial charge in [-0.3, -0.25) is 0 Å². The Balaban J connectivity index is 1.69. The number of rotatable bonds is 5. The van der Waals surface area contributed by atoms with Crippen molar-refractivity contribution in [2.75, 3.05) is 6.54 Å². The minimum atomic E-state index is -0.654. The van der Waals surface area contributed by atoms with E-state index >= 15 is 0 Å². The molecule has 1 aromatic rings. The Morgan fingerprint density at radius 3 is 2.74 bits per heavy atom. The van der Waals surface area contributed by atoms with Crippen LogP contribution in [-0.2, 0) is 12.0 Å². The molecule has 2 N–H and O–H groups in total. The van der Waals surface area contributed by atoms with Crippen LogP contribution in [0.4, 0.5) is 0 Å². The van der Waals surface area contributed by atoms with Crippen LogP contribution in [0, 0.1) is 11.8 Å². The summed E-state index contributed by atoms with van der Waals surface area (Å²) < 4.78 is 0. The highest BCUT2D eigenvalue weighted by atomic mass is 16.3. The van der Waals surface area contributed by atoms with Gasteiger partial charge >= 0.3 is 0 Å². The monoisotopic (exact) mass is 259 g/mol. The Hall–Kier alpha value is -0.860. The van der Waals surface area contributed by atoms with E-state index in [4.69, 9.17) is 0 Å². The average molecular weight is 259 g/mol. The highest BCUT2D eigenvalue weighted by Crippen LogP contribution is 2.39. The second kappa shape index (κ2) is 4.92. The molecule has 0 aromatic heterocycles. The van der Waals surface area contributed by atoms with E-state index < -0.39 is 5.60 Å². The standard InChI is InChI=1S/C17H25NO/c1-12(2)16(14-7-8-14)18-11-17(19)10-9-13-5-3-4-6-15(13)17/h3-6,12,14,16,18-19H,7-11H2,1-2H3. The Morgan fingerprint density at radius 2 is 2.05 bits per heavy atom. The summed E-state index contributed by atoms with van der Waals surface area (Å²) >= 11 is 0. The Labute approximate surface area is 116 Å². The zero-order valence-corrected chi connectivity index (χ0v) is 12.0. The Kier molecular flexibility index (Phi) is 3.40. The first kappa shape index (κ1) is 13.1. The summed E-state index contributed by atoms with van der Waals surface area (Å²) in [5, 5.41) is 14.6. The van der Waals surface area contributed by atoms with Crippen molar-refractivity contribution >= 4 is 0 Å². The van der Waals surface area contributed by atoms with Crippen LogP contribution in [0.15, 0.2) is 24.3 Å². The fourth-order valence-electron chi connectivity index (χ4n) is 3.54. The van der Waals surface area contributed by atoms with E-state index in [1.54, 1.807) is 0 Å². The Bertz CT molecular complexity index is 450. The number of aliphatic hydroxyl groups is 1. The van der Waals surface area contributed by atoms with Crippen molar-refractivity contribution in [1.82, 2.24) is 5.32 Å². The fraction of sp³-hybridized carbons (Fsp3) is 0.647. The fourth-order valence-corrected chi connectivity index (χ4v) is 3.54. The van der Waals surface area contributed by atoms with Crippen LogP contribution in [0.2, 0.25) is 0 Å². The van der Waals surface area contributed by atoms with E-state index in [0.29, 0.717) is 18.5 Å². The van der Waals surface area contributed by atoms with Gasteiger partial charge in [0.1, 0.15) is 5.60 Å². The maximum atomic E-state index is 10.9. The molecule has 0 spiro atoms. The van der Waals surface area contributed by atoms with Crippen molar-refractivity contribution < 1.29 is 5.11 Å². The van der Waals surface area contributed by atoms with Gasteiger partial charge in [-0.1, -0.05) is 38.1 Å². The third-order valence-corrected chi connectivity index (χ3v) is 4.80. The summed E-state index contributed by atoms with van der Waals surface area (Å²) in [6.07, 6.45) is 4.56. The first-order valence-corrected chi connectivity index (χ1v) is 7.64. The maximum Gasteiger partial charge on any atom is 0.103 e. The van der Waals surface area contributed by atoms with Gasteiger partial charge in [-0.15, -0.1) is 0 Å². The number of hydrogen-bond donors (Lipinski definition) is 2. The molecule has 0 heterocycles. The predicted octanol–water partition coefficient (Wildman–Crippen LogP) is 2.84. The second-order valence-electron chi connectivity index (χ2n) is 6.68. The summed E-state index contributed by atoms with van der Waals surface area (Å²) in [4.78, 5) is 0. The lowest BCUT2D eigenvalue weighted by Gasteiger charge is -2.30. The number of benzene rings is 1. The van der Waals surface area contributed by atoms with Crippen LogP contribution < -0.4 is 5.32 Å². The number of nitrogens with one attached hydrogen (secondary N) is 1. The highest BCUT2D eigenvalue weighted by Gasteiger charge is 2.39. The normalized spacial score (nSPS) is 27.6. The van der Waals surface area contributed by atoms with Crippen molar-refractivity contribution in [3.05, 3.63) is 35.4 Å². The van der Waals surface area contributed by atoms with Crippen molar-refractivity contribution in [3.8, 4) is 0 Å². The molecule has 0 saturated heterocycles. The van der Waals surface area contributed by atoms with E-state index in [1.807, 2.05) is 6.07 Å². The average Bonchev–Trinajstić information content (AvgIpc) is 3.16. The van der Waals surface area contributed by atoms with Gasteiger partial charge < -0.3 is 10.4 Å². The second-order valence-corrected chi connectivity index (χ2v) is 6.68. The molecule has 1 saturated carbocycles. The van der Waals surface area contributed by atoms with Gasteiger partial charge in [0.15, 0.2) is 0 Å². The van der Waals surface area contributed by atoms with E-state index in [1.165, 1.54) is 18.4 Å². The molecule has 3 rings (SSSR count). The van der Waals surface area contributed by atoms with Crippen molar-refractivity contribution in [2.24, 2.45) is 11.8 Å². The van der Waals surface area contributed by atoms with Crippen molar-refractivity contribution in [2.45, 2.75) is 51.2 Å². The maximum absolute atomic E-state index is 10.9. The number of hydrogen-bond acceptors (Lipinski definition) is 2. The van der Waals surface area contributed by atoms with E-state index in [0.717, 1.165) is 24.3 Å². The quantitative estimate of drug-likeness (QED) is 0.852. The van der Waals surface area contributed by atoms with Crippen LogP contribution in [0.3, 0.4) is 0 Å². The summed E-state index contributed by atoms with van der Waals surface area (Å²) in [6.45, 7) is 5.26. The molecule has 104 valence electrons. The van der Waals surface area contributed by atoms with Gasteiger partial charge in [-0.25, -0.2) is 0 Å². The lowest BCUT2D eigenvalue weighted by Crippen LogP contribution is -2.44. The van der Waals surface area contributed by atoms with Crippen LogP contribution in [0.1, 0.15) is 44.2 Å². The van der Waals surface area contributed by atoms with Crippen LogP contribution in [0.25, 0.3) is 0 Å². The lowest BCUT2D eigenvalue weighted by atomic mass is 9.93. The third kappa shape index (κ3) is 2.56. The Morgan fingerprint density at radius 1 is 1.32 bits per heavy atom. The molecule has 1 aromatic carbocycles. The van der Waals surface area contributed by atoms with Crippen LogP contribution >= 0.6 is 0 Å². The van der Waals surface area contributed by atoms with Crippen molar-refractivity contribution in [3.63, 3.8) is 0 Å². The van der Waals surface area contributed by atoms with Gasteiger partial charge in [-0.05, 0) is 48.6 Å². The first-order valence-electron chi connectivity index (χ1n) is 7.64. The smallest absolute Gasteiger partial charge is 0.103 e. The zero-order valence-electron chi connectivity index (χ0n) is 12.0. The molecular formula is C17H25NO. The summed E-state index contributed by atoms with van der Waals surface area (Å²) in [6, 6.07) is 8.91. The first-order chi connectivity index (χ1) is 9.10. The summed E-state index contributed by atoms with van der Waals surface area (Å²) in [5.74, 6) is 1.48.